The van der Waals surface area contributed by atoms with Gasteiger partial charge in [-0.3, -0.25) is 9.69 Å². The maximum Gasteiger partial charge on any atom is 0.234 e. The van der Waals surface area contributed by atoms with Gasteiger partial charge >= 0.3 is 0 Å². The highest BCUT2D eigenvalue weighted by atomic mass is 16.1. The topological polar surface area (TPSA) is 49.6 Å². The lowest BCUT2D eigenvalue weighted by Crippen LogP contribution is -2.52. The van der Waals surface area contributed by atoms with Gasteiger partial charge in [0.2, 0.25) is 5.91 Å². The third-order valence-corrected chi connectivity index (χ3v) is 2.81. The van der Waals surface area contributed by atoms with Crippen LogP contribution in [-0.2, 0) is 4.79 Å². The van der Waals surface area contributed by atoms with E-state index < -0.39 is 0 Å². The molecule has 0 aromatic heterocycles. The second kappa shape index (κ2) is 4.58. The van der Waals surface area contributed by atoms with Crippen LogP contribution in [0.3, 0.4) is 0 Å². The largest absolute Gasteiger partial charge is 0.368 e. The highest BCUT2D eigenvalue weighted by Gasteiger charge is 2.22. The molecule has 1 saturated heterocycles. The van der Waals surface area contributed by atoms with Crippen LogP contribution in [-0.4, -0.2) is 54.5 Å². The minimum Gasteiger partial charge on any atom is -0.368 e. The van der Waals surface area contributed by atoms with Crippen LogP contribution in [0.4, 0.5) is 0 Å². The molecule has 0 bridgehead atoms. The van der Waals surface area contributed by atoms with Crippen LogP contribution in [0.1, 0.15) is 13.8 Å². The van der Waals surface area contributed by atoms with E-state index in [1.165, 1.54) is 0 Å². The summed E-state index contributed by atoms with van der Waals surface area (Å²) in [7, 11) is 0. The molecule has 1 amide bonds. The van der Waals surface area contributed by atoms with Gasteiger partial charge in [-0.15, -0.1) is 0 Å². The summed E-state index contributed by atoms with van der Waals surface area (Å²) in [6, 6.07) is -0.112. The van der Waals surface area contributed by atoms with E-state index in [4.69, 9.17) is 5.73 Å². The summed E-state index contributed by atoms with van der Waals surface area (Å²) in [5.41, 5.74) is 5.24. The first kappa shape index (κ1) is 10.5. The molecule has 0 unspecified atom stereocenters. The fourth-order valence-corrected chi connectivity index (χ4v) is 1.65. The first-order valence-corrected chi connectivity index (χ1v) is 4.91. The van der Waals surface area contributed by atoms with Crippen molar-refractivity contribution in [1.82, 2.24) is 9.80 Å². The van der Waals surface area contributed by atoms with Crippen molar-refractivity contribution in [2.45, 2.75) is 19.9 Å². The molecule has 2 N–H and O–H groups in total. The Hall–Kier alpha value is -0.610. The van der Waals surface area contributed by atoms with Crippen LogP contribution in [0.15, 0.2) is 0 Å². The minimum absolute atomic E-state index is 0.112. The standard InChI is InChI=1S/C9H19N3O/c1-3-11-4-6-12(7-5-11)8(2)9(10)13/h8H,3-7H2,1-2H3,(H2,10,13)/t8-/m0/s1. The van der Waals surface area contributed by atoms with Crippen LogP contribution in [0.5, 0.6) is 0 Å². The molecule has 4 nitrogen and oxygen atoms in total. The normalized spacial score (nSPS) is 22.9. The smallest absolute Gasteiger partial charge is 0.234 e. The number of primary amides is 1. The lowest BCUT2D eigenvalue weighted by molar-refractivity contribution is -0.123. The van der Waals surface area contributed by atoms with Gasteiger partial charge in [0.05, 0.1) is 6.04 Å². The molecular formula is C9H19N3O. The van der Waals surface area contributed by atoms with Crippen LogP contribution in [0.25, 0.3) is 0 Å². The monoisotopic (exact) mass is 185 g/mol. The zero-order chi connectivity index (χ0) is 9.84. The Balaban J connectivity index is 2.36. The van der Waals surface area contributed by atoms with E-state index in [1.54, 1.807) is 0 Å². The molecule has 1 atom stereocenters. The maximum absolute atomic E-state index is 10.9. The zero-order valence-corrected chi connectivity index (χ0v) is 8.49. The van der Waals surface area contributed by atoms with Crippen molar-refractivity contribution in [2.24, 2.45) is 5.73 Å². The second-order valence-electron chi connectivity index (χ2n) is 3.55. The molecule has 1 rings (SSSR count). The van der Waals surface area contributed by atoms with Crippen molar-refractivity contribution >= 4 is 5.91 Å². The first-order chi connectivity index (χ1) is 6.15. The summed E-state index contributed by atoms with van der Waals surface area (Å²) in [6.07, 6.45) is 0. The molecule has 0 aliphatic carbocycles. The number of hydrogen-bond donors (Lipinski definition) is 1. The summed E-state index contributed by atoms with van der Waals surface area (Å²) in [5.74, 6) is -0.218. The lowest BCUT2D eigenvalue weighted by Gasteiger charge is -2.36. The van der Waals surface area contributed by atoms with Gasteiger partial charge in [-0.05, 0) is 13.5 Å². The van der Waals surface area contributed by atoms with E-state index in [9.17, 15) is 4.79 Å². The summed E-state index contributed by atoms with van der Waals surface area (Å²) in [4.78, 5) is 15.4. The van der Waals surface area contributed by atoms with Gasteiger partial charge in [0.25, 0.3) is 0 Å². The predicted molar refractivity (Wildman–Crippen MR) is 52.3 cm³/mol. The predicted octanol–water partition coefficient (Wildman–Crippen LogP) is -0.502. The molecule has 1 aliphatic heterocycles. The lowest BCUT2D eigenvalue weighted by atomic mass is 10.2. The molecule has 0 radical (unpaired) electrons. The van der Waals surface area contributed by atoms with Crippen molar-refractivity contribution in [3.8, 4) is 0 Å². The molecule has 0 aromatic carbocycles. The highest BCUT2D eigenvalue weighted by Crippen LogP contribution is 2.05. The van der Waals surface area contributed by atoms with Crippen molar-refractivity contribution in [1.29, 1.82) is 0 Å². The first-order valence-electron chi connectivity index (χ1n) is 4.91. The average molecular weight is 185 g/mol. The van der Waals surface area contributed by atoms with Gasteiger partial charge < -0.3 is 10.6 Å². The Kier molecular flexibility index (Phi) is 3.69. The number of amides is 1. The number of nitrogens with two attached hydrogens (primary N) is 1. The fraction of sp³-hybridized carbons (Fsp3) is 0.889. The number of carbonyl (C=O) groups excluding carboxylic acids is 1. The van der Waals surface area contributed by atoms with Crippen molar-refractivity contribution in [3.63, 3.8) is 0 Å². The Bertz CT molecular complexity index is 176. The van der Waals surface area contributed by atoms with Gasteiger partial charge in [0.1, 0.15) is 0 Å². The summed E-state index contributed by atoms with van der Waals surface area (Å²) in [5, 5.41) is 0. The maximum atomic E-state index is 10.9. The number of carbonyl (C=O) groups is 1. The van der Waals surface area contributed by atoms with E-state index >= 15 is 0 Å². The van der Waals surface area contributed by atoms with Crippen LogP contribution in [0.2, 0.25) is 0 Å². The molecule has 0 spiro atoms. The van der Waals surface area contributed by atoms with Gasteiger partial charge in [0.15, 0.2) is 0 Å². The van der Waals surface area contributed by atoms with E-state index in [-0.39, 0.29) is 11.9 Å². The molecule has 1 heterocycles. The Morgan fingerprint density at radius 1 is 1.38 bits per heavy atom. The Labute approximate surface area is 79.7 Å². The molecule has 13 heavy (non-hydrogen) atoms. The quantitative estimate of drug-likeness (QED) is 0.645. The summed E-state index contributed by atoms with van der Waals surface area (Å²) >= 11 is 0. The van der Waals surface area contributed by atoms with Gasteiger partial charge in [-0.25, -0.2) is 0 Å². The SMILES string of the molecule is CCN1CCN([C@@H](C)C(N)=O)CC1. The molecule has 0 saturated carbocycles. The number of rotatable bonds is 3. The van der Waals surface area contributed by atoms with Crippen molar-refractivity contribution in [2.75, 3.05) is 32.7 Å². The molecule has 0 aromatic rings. The molecule has 1 aliphatic rings. The highest BCUT2D eigenvalue weighted by molar-refractivity contribution is 5.79. The summed E-state index contributed by atoms with van der Waals surface area (Å²) < 4.78 is 0. The van der Waals surface area contributed by atoms with Gasteiger partial charge in [-0.2, -0.15) is 0 Å². The number of piperazine rings is 1. The van der Waals surface area contributed by atoms with Gasteiger partial charge in [0, 0.05) is 26.2 Å². The Morgan fingerprint density at radius 2 is 1.92 bits per heavy atom. The zero-order valence-electron chi connectivity index (χ0n) is 8.49. The third kappa shape index (κ3) is 2.67. The number of likely N-dealkylation sites (N-methyl/N-ethyl adjacent to an activating group) is 1. The van der Waals surface area contributed by atoms with E-state index in [2.05, 4.69) is 16.7 Å². The average Bonchev–Trinajstić information content (AvgIpc) is 2.17. The van der Waals surface area contributed by atoms with Crippen LogP contribution < -0.4 is 5.73 Å². The van der Waals surface area contributed by atoms with E-state index in [1.807, 2.05) is 6.92 Å². The summed E-state index contributed by atoms with van der Waals surface area (Å²) in [6.45, 7) is 9.15. The fourth-order valence-electron chi connectivity index (χ4n) is 1.65. The number of hydrogen-bond acceptors (Lipinski definition) is 3. The molecule has 1 fully saturated rings. The third-order valence-electron chi connectivity index (χ3n) is 2.81. The van der Waals surface area contributed by atoms with E-state index in [0.29, 0.717) is 0 Å². The van der Waals surface area contributed by atoms with Crippen molar-refractivity contribution < 1.29 is 4.79 Å². The number of nitrogens with zero attached hydrogens (tertiary/aromatic N) is 2. The Morgan fingerprint density at radius 3 is 2.31 bits per heavy atom. The molecular weight excluding hydrogens is 166 g/mol. The molecule has 4 heteroatoms. The van der Waals surface area contributed by atoms with Gasteiger partial charge in [-0.1, -0.05) is 6.92 Å². The second-order valence-corrected chi connectivity index (χ2v) is 3.55. The van der Waals surface area contributed by atoms with Crippen molar-refractivity contribution in [3.05, 3.63) is 0 Å². The molecule has 76 valence electrons. The van der Waals surface area contributed by atoms with E-state index in [0.717, 1.165) is 32.7 Å². The van der Waals surface area contributed by atoms with Crippen LogP contribution in [0, 0.1) is 0 Å². The van der Waals surface area contributed by atoms with Crippen LogP contribution >= 0.6 is 0 Å². The minimum atomic E-state index is -0.218.